The third-order valence-corrected chi connectivity index (χ3v) is 9.37. The van der Waals surface area contributed by atoms with Crippen LogP contribution in [0.1, 0.15) is 71.3 Å². The molecule has 0 spiro atoms. The Labute approximate surface area is 237 Å². The van der Waals surface area contributed by atoms with E-state index < -0.39 is 42.6 Å². The zero-order valence-corrected chi connectivity index (χ0v) is 24.3. The molecule has 3 aliphatic carbocycles. The van der Waals surface area contributed by atoms with E-state index in [1.54, 1.807) is 6.07 Å². The van der Waals surface area contributed by atoms with Gasteiger partial charge < -0.3 is 25.0 Å². The Morgan fingerprint density at radius 2 is 1.82 bits per heavy atom. The van der Waals surface area contributed by atoms with Crippen molar-refractivity contribution in [2.75, 3.05) is 0 Å². The fourth-order valence-corrected chi connectivity index (χ4v) is 6.96. The van der Waals surface area contributed by atoms with Crippen molar-refractivity contribution in [3.8, 4) is 11.3 Å². The fraction of sp³-hybridized carbons (Fsp3) is 0.600. The number of aliphatic hydroxyl groups is 1. The first kappa shape index (κ1) is 28.7. The van der Waals surface area contributed by atoms with Crippen molar-refractivity contribution in [3.63, 3.8) is 0 Å². The molecule has 214 valence electrons. The SMILES string of the molecule is CC(C)C[C@H](NC(=O)[C@@H](NC(=O)c1cc(-c2ccccc2)ncn1)[C@@H](C)O)B1O[C@@H]2C[C@H]3C[C@@H](C3(C)C)[C@]2(C)O1. The molecule has 2 amide bonds. The van der Waals surface area contributed by atoms with Crippen LogP contribution in [0.4, 0.5) is 0 Å². The van der Waals surface area contributed by atoms with Crippen molar-refractivity contribution in [1.29, 1.82) is 0 Å². The zero-order chi connectivity index (χ0) is 28.8. The summed E-state index contributed by atoms with van der Waals surface area (Å²) in [6, 6.07) is 9.82. The third kappa shape index (κ3) is 5.29. The number of amides is 2. The van der Waals surface area contributed by atoms with Gasteiger partial charge in [-0.15, -0.1) is 0 Å². The largest absolute Gasteiger partial charge is 0.481 e. The standard InChI is InChI=1S/C30H41BN4O5/c1-17(2)12-25(31-39-24-14-20-13-23(29(20,4)5)30(24,6)40-31)34-28(38)26(18(3)36)35-27(37)22-15-21(32-16-33-22)19-10-8-7-9-11-19/h7-11,15-18,20,23-26,36H,12-14H2,1-6H3,(H,34,38)(H,35,37)/t18-,20-,23+,24-,25+,26+,30+/m1/s1. The second-order valence-electron chi connectivity index (χ2n) is 12.9. The lowest BCUT2D eigenvalue weighted by Gasteiger charge is -2.64. The van der Waals surface area contributed by atoms with Crippen molar-refractivity contribution in [2.24, 2.45) is 23.2 Å². The topological polar surface area (TPSA) is 123 Å². The van der Waals surface area contributed by atoms with E-state index in [1.165, 1.54) is 13.3 Å². The summed E-state index contributed by atoms with van der Waals surface area (Å²) in [6.45, 7) is 12.4. The van der Waals surface area contributed by atoms with E-state index in [-0.39, 0.29) is 23.1 Å². The van der Waals surface area contributed by atoms with Gasteiger partial charge in [-0.05, 0) is 62.3 Å². The van der Waals surface area contributed by atoms with Crippen LogP contribution in [-0.4, -0.2) is 63.8 Å². The molecule has 6 rings (SSSR count). The average molecular weight is 548 g/mol. The molecule has 3 N–H and O–H groups in total. The number of carbonyl (C=O) groups is 2. The molecule has 3 saturated carbocycles. The minimum atomic E-state index is -1.19. The van der Waals surface area contributed by atoms with Crippen molar-refractivity contribution < 1.29 is 24.0 Å². The predicted molar refractivity (Wildman–Crippen MR) is 152 cm³/mol. The summed E-state index contributed by atoms with van der Waals surface area (Å²) in [7, 11) is -0.600. The number of aliphatic hydroxyl groups excluding tert-OH is 1. The highest BCUT2D eigenvalue weighted by atomic mass is 16.7. The molecule has 1 saturated heterocycles. The van der Waals surface area contributed by atoms with Crippen LogP contribution in [-0.2, 0) is 14.1 Å². The maximum atomic E-state index is 13.5. The molecular weight excluding hydrogens is 507 g/mol. The summed E-state index contributed by atoms with van der Waals surface area (Å²) in [4.78, 5) is 35.0. The van der Waals surface area contributed by atoms with Crippen LogP contribution >= 0.6 is 0 Å². The quantitative estimate of drug-likeness (QED) is 0.411. The minimum absolute atomic E-state index is 0.00956. The maximum Gasteiger partial charge on any atom is 0.481 e. The molecule has 1 aliphatic heterocycles. The number of nitrogens with zero attached hydrogens (tertiary/aromatic N) is 2. The molecule has 10 heteroatoms. The molecule has 0 radical (unpaired) electrons. The van der Waals surface area contributed by atoms with Gasteiger partial charge in [0.2, 0.25) is 5.91 Å². The van der Waals surface area contributed by atoms with Gasteiger partial charge in [0, 0.05) is 5.56 Å². The summed E-state index contributed by atoms with van der Waals surface area (Å²) < 4.78 is 13.1. The minimum Gasteiger partial charge on any atom is -0.404 e. The van der Waals surface area contributed by atoms with Crippen molar-refractivity contribution >= 4 is 18.9 Å². The van der Waals surface area contributed by atoms with Crippen molar-refractivity contribution in [1.82, 2.24) is 20.6 Å². The normalized spacial score (nSPS) is 28.7. The lowest BCUT2D eigenvalue weighted by molar-refractivity contribution is -0.199. The van der Waals surface area contributed by atoms with E-state index in [9.17, 15) is 14.7 Å². The van der Waals surface area contributed by atoms with Crippen LogP contribution in [0.25, 0.3) is 11.3 Å². The smallest absolute Gasteiger partial charge is 0.404 e. The molecule has 9 nitrogen and oxygen atoms in total. The van der Waals surface area contributed by atoms with E-state index in [1.807, 2.05) is 30.3 Å². The summed E-state index contributed by atoms with van der Waals surface area (Å²) in [6.07, 6.45) is 2.89. The van der Waals surface area contributed by atoms with Gasteiger partial charge in [0.15, 0.2) is 0 Å². The lowest BCUT2D eigenvalue weighted by atomic mass is 9.43. The van der Waals surface area contributed by atoms with E-state index in [4.69, 9.17) is 9.31 Å². The van der Waals surface area contributed by atoms with Gasteiger partial charge in [-0.3, -0.25) is 9.59 Å². The van der Waals surface area contributed by atoms with Gasteiger partial charge in [-0.25, -0.2) is 9.97 Å². The van der Waals surface area contributed by atoms with E-state index >= 15 is 0 Å². The number of carbonyl (C=O) groups excluding carboxylic acids is 2. The Morgan fingerprint density at radius 3 is 2.48 bits per heavy atom. The average Bonchev–Trinajstić information content (AvgIpc) is 3.28. The van der Waals surface area contributed by atoms with Crippen LogP contribution < -0.4 is 10.6 Å². The summed E-state index contributed by atoms with van der Waals surface area (Å²) in [5, 5.41) is 16.2. The molecule has 7 atom stereocenters. The number of aromatic nitrogens is 2. The van der Waals surface area contributed by atoms with Crippen molar-refractivity contribution in [2.45, 2.75) is 90.6 Å². The Kier molecular flexibility index (Phi) is 7.80. The molecular formula is C30H41BN4O5. The number of nitrogens with one attached hydrogen (secondary N) is 2. The zero-order valence-electron chi connectivity index (χ0n) is 24.3. The number of benzene rings is 1. The predicted octanol–water partition coefficient (Wildman–Crippen LogP) is 3.42. The molecule has 0 unspecified atom stereocenters. The lowest BCUT2D eigenvalue weighted by Crippen LogP contribution is -2.65. The van der Waals surface area contributed by atoms with Gasteiger partial charge in [0.1, 0.15) is 18.1 Å². The number of hydrogen-bond acceptors (Lipinski definition) is 7. The summed E-state index contributed by atoms with van der Waals surface area (Å²) in [5.74, 6) is -0.220. The van der Waals surface area contributed by atoms with Gasteiger partial charge in [0.05, 0.1) is 29.4 Å². The molecule has 2 bridgehead atoms. The van der Waals surface area contributed by atoms with Gasteiger partial charge in [0.25, 0.3) is 5.91 Å². The Hall–Kier alpha value is -2.82. The first-order valence-electron chi connectivity index (χ1n) is 14.4. The molecule has 40 heavy (non-hydrogen) atoms. The highest BCUT2D eigenvalue weighted by Crippen LogP contribution is 2.65. The Balaban J connectivity index is 1.29. The van der Waals surface area contributed by atoms with Crippen LogP contribution in [0.5, 0.6) is 0 Å². The second-order valence-corrected chi connectivity index (χ2v) is 12.9. The van der Waals surface area contributed by atoms with Crippen LogP contribution in [0, 0.1) is 23.2 Å². The highest BCUT2D eigenvalue weighted by molar-refractivity contribution is 6.48. The molecule has 1 aromatic carbocycles. The fourth-order valence-electron chi connectivity index (χ4n) is 6.96. The van der Waals surface area contributed by atoms with E-state index in [2.05, 4.69) is 55.2 Å². The summed E-state index contributed by atoms with van der Waals surface area (Å²) >= 11 is 0. The van der Waals surface area contributed by atoms with E-state index in [0.717, 1.165) is 18.4 Å². The monoisotopic (exact) mass is 548 g/mol. The molecule has 1 aromatic heterocycles. The molecule has 2 aromatic rings. The Bertz CT molecular complexity index is 1240. The highest BCUT2D eigenvalue weighted by Gasteiger charge is 2.68. The first-order chi connectivity index (χ1) is 18.9. The van der Waals surface area contributed by atoms with Gasteiger partial charge in [-0.2, -0.15) is 0 Å². The number of rotatable bonds is 9. The van der Waals surface area contributed by atoms with Crippen molar-refractivity contribution in [3.05, 3.63) is 48.4 Å². The third-order valence-electron chi connectivity index (χ3n) is 9.37. The van der Waals surface area contributed by atoms with Crippen LogP contribution in [0.3, 0.4) is 0 Å². The molecule has 2 heterocycles. The van der Waals surface area contributed by atoms with Crippen LogP contribution in [0.15, 0.2) is 42.7 Å². The second kappa shape index (κ2) is 10.9. The van der Waals surface area contributed by atoms with Crippen LogP contribution in [0.2, 0.25) is 0 Å². The van der Waals surface area contributed by atoms with Gasteiger partial charge in [-0.1, -0.05) is 58.0 Å². The molecule has 4 aliphatic rings. The van der Waals surface area contributed by atoms with E-state index in [0.29, 0.717) is 24.0 Å². The molecule has 4 fully saturated rings. The summed E-state index contributed by atoms with van der Waals surface area (Å²) in [5.41, 5.74) is 1.34. The first-order valence-corrected chi connectivity index (χ1v) is 14.4. The Morgan fingerprint density at radius 1 is 1.10 bits per heavy atom. The number of hydrogen-bond donors (Lipinski definition) is 3. The maximum absolute atomic E-state index is 13.5. The van der Waals surface area contributed by atoms with Gasteiger partial charge >= 0.3 is 7.12 Å².